The van der Waals surface area contributed by atoms with E-state index in [1.54, 1.807) is 7.11 Å². The molecule has 0 aliphatic carbocycles. The third-order valence-electron chi connectivity index (χ3n) is 6.05. The van der Waals surface area contributed by atoms with E-state index in [1.165, 1.54) is 23.1 Å². The van der Waals surface area contributed by atoms with Gasteiger partial charge in [0, 0.05) is 18.5 Å². The number of nitrogens with zero attached hydrogens (tertiary/aromatic N) is 1. The molecule has 0 aromatic heterocycles. The summed E-state index contributed by atoms with van der Waals surface area (Å²) in [5.41, 5.74) is 4.91. The quantitative estimate of drug-likeness (QED) is 0.470. The second-order valence-corrected chi connectivity index (χ2v) is 8.33. The zero-order valence-electron chi connectivity index (χ0n) is 18.6. The van der Waals surface area contributed by atoms with Gasteiger partial charge in [0.1, 0.15) is 5.75 Å². The van der Waals surface area contributed by atoms with E-state index in [4.69, 9.17) is 4.74 Å². The highest BCUT2D eigenvalue weighted by Crippen LogP contribution is 2.19. The molecule has 0 amide bonds. The Hall–Kier alpha value is -2.17. The van der Waals surface area contributed by atoms with Crippen LogP contribution >= 0.6 is 0 Å². The first-order chi connectivity index (χ1) is 14.7. The number of hydrogen-bond donors (Lipinski definition) is 1. The summed E-state index contributed by atoms with van der Waals surface area (Å²) in [7, 11) is 3.88. The first kappa shape index (κ1) is 22.5. The van der Waals surface area contributed by atoms with Crippen LogP contribution in [0.3, 0.4) is 0 Å². The van der Waals surface area contributed by atoms with Crippen LogP contribution in [0.4, 0.5) is 0 Å². The molecule has 0 saturated carbocycles. The van der Waals surface area contributed by atoms with Gasteiger partial charge in [0.05, 0.1) is 7.11 Å². The Morgan fingerprint density at radius 1 is 1.03 bits per heavy atom. The number of carbonyl (C=O) groups excluding carboxylic acids is 1. The van der Waals surface area contributed by atoms with Crippen molar-refractivity contribution in [1.82, 2.24) is 10.2 Å². The fraction of sp³-hybridized carbons (Fsp3) is 0.500. The largest absolute Gasteiger partial charge is 0.496 e. The van der Waals surface area contributed by atoms with Gasteiger partial charge in [-0.25, -0.2) is 0 Å². The monoisotopic (exact) mass is 408 g/mol. The molecular weight excluding hydrogens is 372 g/mol. The normalized spacial score (nSPS) is 14.1. The number of benzene rings is 2. The lowest BCUT2D eigenvalue weighted by atomic mass is 9.94. The topological polar surface area (TPSA) is 41.6 Å². The second-order valence-electron chi connectivity index (χ2n) is 8.33. The number of nitrogens with one attached hydrogen (secondary N) is 1. The lowest BCUT2D eigenvalue weighted by Crippen LogP contribution is -2.23. The van der Waals surface area contributed by atoms with Gasteiger partial charge in [0.25, 0.3) is 0 Å². The van der Waals surface area contributed by atoms with Crippen molar-refractivity contribution in [3.05, 3.63) is 64.7 Å². The van der Waals surface area contributed by atoms with Gasteiger partial charge in [-0.2, -0.15) is 0 Å². The van der Waals surface area contributed by atoms with Crippen LogP contribution in [0.25, 0.3) is 0 Å². The molecule has 162 valence electrons. The predicted octanol–water partition coefficient (Wildman–Crippen LogP) is 4.30. The highest BCUT2D eigenvalue weighted by molar-refractivity contribution is 5.96. The zero-order valence-corrected chi connectivity index (χ0v) is 18.6. The Bertz CT molecular complexity index is 818. The van der Waals surface area contributed by atoms with Gasteiger partial charge in [-0.3, -0.25) is 4.79 Å². The summed E-state index contributed by atoms with van der Waals surface area (Å²) in [5.74, 6) is 1.24. The number of methoxy groups -OCH3 is 1. The maximum absolute atomic E-state index is 12.7. The average molecular weight is 409 g/mol. The molecular formula is C26H36N2O2. The summed E-state index contributed by atoms with van der Waals surface area (Å²) in [5, 5.41) is 3.46. The Morgan fingerprint density at radius 3 is 2.77 bits per heavy atom. The Balaban J connectivity index is 1.39. The van der Waals surface area contributed by atoms with Crippen LogP contribution in [0, 0.1) is 0 Å². The number of carbonyl (C=O) groups is 1. The molecule has 1 aliphatic rings. The van der Waals surface area contributed by atoms with Gasteiger partial charge in [-0.1, -0.05) is 30.3 Å². The molecule has 2 aromatic rings. The van der Waals surface area contributed by atoms with Crippen molar-refractivity contribution in [2.24, 2.45) is 0 Å². The number of likely N-dealkylation sites (N-methyl/N-ethyl adjacent to an activating group) is 1. The van der Waals surface area contributed by atoms with Crippen molar-refractivity contribution in [3.8, 4) is 5.75 Å². The molecule has 1 N–H and O–H groups in total. The smallest absolute Gasteiger partial charge is 0.162 e. The molecule has 2 aromatic carbocycles. The van der Waals surface area contributed by atoms with Crippen LogP contribution in [-0.4, -0.2) is 51.0 Å². The van der Waals surface area contributed by atoms with E-state index in [0.717, 1.165) is 69.6 Å². The number of Topliss-reactive ketones (excluding diaryl/α,β-unsaturated/α-hetero) is 1. The number of rotatable bonds is 10. The molecule has 30 heavy (non-hydrogen) atoms. The van der Waals surface area contributed by atoms with Gasteiger partial charge in [0.15, 0.2) is 5.78 Å². The molecule has 3 rings (SSSR count). The fourth-order valence-electron chi connectivity index (χ4n) is 4.17. The number of hydrogen-bond acceptors (Lipinski definition) is 4. The van der Waals surface area contributed by atoms with Gasteiger partial charge in [-0.05, 0) is 94.0 Å². The number of fused-ring (bicyclic) bond motifs is 1. The van der Waals surface area contributed by atoms with Crippen LogP contribution in [0.15, 0.2) is 42.5 Å². The summed E-state index contributed by atoms with van der Waals surface area (Å²) in [6.07, 6.45) is 6.90. The van der Waals surface area contributed by atoms with Gasteiger partial charge < -0.3 is 15.0 Å². The minimum absolute atomic E-state index is 0.282. The van der Waals surface area contributed by atoms with E-state index < -0.39 is 0 Å². The molecule has 0 bridgehead atoms. The summed E-state index contributed by atoms with van der Waals surface area (Å²) in [4.78, 5) is 15.0. The molecule has 0 radical (unpaired) electrons. The summed E-state index contributed by atoms with van der Waals surface area (Å²) in [6, 6.07) is 14.6. The van der Waals surface area contributed by atoms with E-state index in [2.05, 4.69) is 41.5 Å². The number of ketones is 1. The molecule has 0 saturated heterocycles. The number of para-hydroxylation sites is 1. The van der Waals surface area contributed by atoms with Crippen molar-refractivity contribution in [1.29, 1.82) is 0 Å². The minimum Gasteiger partial charge on any atom is -0.496 e. The molecule has 0 spiro atoms. The minimum atomic E-state index is 0.282. The Morgan fingerprint density at radius 2 is 1.90 bits per heavy atom. The molecule has 4 heteroatoms. The first-order valence-corrected chi connectivity index (χ1v) is 11.3. The maximum atomic E-state index is 12.7. The van der Waals surface area contributed by atoms with E-state index >= 15 is 0 Å². The van der Waals surface area contributed by atoms with Crippen LogP contribution in [0.5, 0.6) is 5.75 Å². The highest BCUT2D eigenvalue weighted by Gasteiger charge is 2.12. The van der Waals surface area contributed by atoms with Crippen LogP contribution in [0.1, 0.15) is 52.7 Å². The third kappa shape index (κ3) is 6.68. The summed E-state index contributed by atoms with van der Waals surface area (Å²) in [6.45, 7) is 4.10. The van der Waals surface area contributed by atoms with Crippen LogP contribution in [-0.2, 0) is 19.3 Å². The number of unbranched alkanes of at least 4 members (excludes halogenated alkanes) is 1. The Kier molecular flexibility index (Phi) is 8.91. The van der Waals surface area contributed by atoms with Crippen molar-refractivity contribution in [3.63, 3.8) is 0 Å². The predicted molar refractivity (Wildman–Crippen MR) is 124 cm³/mol. The van der Waals surface area contributed by atoms with Crippen LogP contribution in [0.2, 0.25) is 0 Å². The maximum Gasteiger partial charge on any atom is 0.162 e. The number of aryl methyl sites for hydroxylation is 1. The molecule has 1 aliphatic heterocycles. The highest BCUT2D eigenvalue weighted by atomic mass is 16.5. The van der Waals surface area contributed by atoms with Gasteiger partial charge >= 0.3 is 0 Å². The summed E-state index contributed by atoms with van der Waals surface area (Å²) >= 11 is 0. The zero-order chi connectivity index (χ0) is 21.2. The van der Waals surface area contributed by atoms with Gasteiger partial charge in [-0.15, -0.1) is 0 Å². The lowest BCUT2D eigenvalue weighted by Gasteiger charge is -2.17. The molecule has 1 heterocycles. The van der Waals surface area contributed by atoms with E-state index in [-0.39, 0.29) is 5.78 Å². The first-order valence-electron chi connectivity index (χ1n) is 11.3. The summed E-state index contributed by atoms with van der Waals surface area (Å²) < 4.78 is 5.43. The van der Waals surface area contributed by atoms with Crippen molar-refractivity contribution in [2.75, 3.05) is 40.3 Å². The SMILES string of the molecule is COc1ccccc1CCN(C)CCCCC(=O)c1ccc2c(c1)CCNCCC2. The Labute approximate surface area is 181 Å². The van der Waals surface area contributed by atoms with Crippen molar-refractivity contribution in [2.45, 2.75) is 44.9 Å². The second kappa shape index (κ2) is 11.9. The lowest BCUT2D eigenvalue weighted by molar-refractivity contribution is 0.0978. The average Bonchev–Trinajstić information content (AvgIpc) is 2.75. The van der Waals surface area contributed by atoms with Crippen molar-refractivity contribution < 1.29 is 9.53 Å². The number of ether oxygens (including phenoxy) is 1. The standard InChI is InChI=1S/C26H36N2O2/c1-28(19-15-22-8-3-4-11-26(22)30-2)18-6-5-10-25(29)24-13-12-21-9-7-16-27-17-14-23(21)20-24/h3-4,8,11-13,20,27H,5-7,9-10,14-19H2,1-2H3. The van der Waals surface area contributed by atoms with E-state index in [0.29, 0.717) is 6.42 Å². The molecule has 4 nitrogen and oxygen atoms in total. The fourth-order valence-corrected chi connectivity index (χ4v) is 4.17. The molecule has 0 atom stereocenters. The van der Waals surface area contributed by atoms with E-state index in [1.807, 2.05) is 18.2 Å². The molecule has 0 unspecified atom stereocenters. The van der Waals surface area contributed by atoms with E-state index in [9.17, 15) is 4.79 Å². The third-order valence-corrected chi connectivity index (χ3v) is 6.05. The molecule has 0 fully saturated rings. The van der Waals surface area contributed by atoms with Gasteiger partial charge in [0.2, 0.25) is 0 Å². The van der Waals surface area contributed by atoms with Crippen LogP contribution < -0.4 is 10.1 Å². The van der Waals surface area contributed by atoms with Crippen molar-refractivity contribution >= 4 is 5.78 Å².